The standard InChI is InChI=1S/C27H28F3N7O/c1-18-3-4-19(26(38)35-25-13-22(5-6-33-25)27(28,29)30)12-24(18)34-16-21(14-31)20-11-23(17-32-15-20)37-9-7-36(2)8-10-37/h3-6,11-17H,7-10,31H2,1-2H3,(H,33,35,38). The fourth-order valence-corrected chi connectivity index (χ4v) is 3.93. The number of anilines is 2. The number of carbonyl (C=O) groups excluding carboxylic acids is 1. The van der Waals surface area contributed by atoms with E-state index in [0.29, 0.717) is 11.3 Å². The topological polar surface area (TPSA) is 99.7 Å². The summed E-state index contributed by atoms with van der Waals surface area (Å²) < 4.78 is 38.9. The van der Waals surface area contributed by atoms with Crippen molar-refractivity contribution < 1.29 is 18.0 Å². The second-order valence-corrected chi connectivity index (χ2v) is 8.99. The van der Waals surface area contributed by atoms with E-state index in [1.807, 2.05) is 19.2 Å². The number of carbonyl (C=O) groups is 1. The van der Waals surface area contributed by atoms with Gasteiger partial charge in [-0.25, -0.2) is 4.98 Å². The van der Waals surface area contributed by atoms with E-state index in [4.69, 9.17) is 5.73 Å². The highest BCUT2D eigenvalue weighted by molar-refractivity contribution is 6.11. The maximum absolute atomic E-state index is 13.0. The van der Waals surface area contributed by atoms with E-state index in [1.54, 1.807) is 30.6 Å². The van der Waals surface area contributed by atoms with Crippen molar-refractivity contribution in [1.29, 1.82) is 0 Å². The highest BCUT2D eigenvalue weighted by Gasteiger charge is 2.31. The number of hydrogen-bond acceptors (Lipinski definition) is 7. The van der Waals surface area contributed by atoms with Gasteiger partial charge < -0.3 is 20.9 Å². The summed E-state index contributed by atoms with van der Waals surface area (Å²) >= 11 is 0. The normalized spacial score (nSPS) is 15.2. The van der Waals surface area contributed by atoms with Gasteiger partial charge in [-0.15, -0.1) is 0 Å². The summed E-state index contributed by atoms with van der Waals surface area (Å²) in [5, 5.41) is 2.41. The number of amides is 1. The molecule has 198 valence electrons. The van der Waals surface area contributed by atoms with Gasteiger partial charge in [-0.05, 0) is 49.9 Å². The van der Waals surface area contributed by atoms with Gasteiger partial charge in [-0.3, -0.25) is 14.8 Å². The molecule has 0 unspecified atom stereocenters. The number of nitrogens with two attached hydrogens (primary N) is 1. The summed E-state index contributed by atoms with van der Waals surface area (Å²) in [6.45, 7) is 5.59. The van der Waals surface area contributed by atoms with Crippen molar-refractivity contribution in [3.05, 3.63) is 83.4 Å². The molecule has 1 aliphatic heterocycles. The Morgan fingerprint density at radius 2 is 1.84 bits per heavy atom. The lowest BCUT2D eigenvalue weighted by atomic mass is 10.1. The molecular formula is C27H28F3N7O. The first-order chi connectivity index (χ1) is 18.1. The number of nitrogens with zero attached hydrogens (tertiary/aromatic N) is 5. The SMILES string of the molecule is Cc1ccc(C(=O)Nc2cc(C(F)(F)F)ccn2)cc1N=CC(=CN)c1cncc(N2CCN(C)CC2)c1. The zero-order chi connectivity index (χ0) is 27.3. The molecule has 0 atom stereocenters. The summed E-state index contributed by atoms with van der Waals surface area (Å²) in [5.74, 6) is -0.802. The van der Waals surface area contributed by atoms with Gasteiger partial charge in [0.2, 0.25) is 0 Å². The molecule has 3 heterocycles. The monoisotopic (exact) mass is 523 g/mol. The number of aromatic nitrogens is 2. The van der Waals surface area contributed by atoms with Crippen LogP contribution in [0.3, 0.4) is 0 Å². The predicted octanol–water partition coefficient (Wildman–Crippen LogP) is 4.51. The molecule has 4 rings (SSSR count). The van der Waals surface area contributed by atoms with Crippen LogP contribution in [0.5, 0.6) is 0 Å². The molecule has 1 aliphatic rings. The fourth-order valence-electron chi connectivity index (χ4n) is 3.93. The molecule has 1 saturated heterocycles. The van der Waals surface area contributed by atoms with E-state index < -0.39 is 17.6 Å². The van der Waals surface area contributed by atoms with Crippen molar-refractivity contribution >= 4 is 34.9 Å². The van der Waals surface area contributed by atoms with E-state index in [2.05, 4.69) is 37.1 Å². The average Bonchev–Trinajstić information content (AvgIpc) is 2.90. The Morgan fingerprint density at radius 1 is 1.08 bits per heavy atom. The number of aliphatic imine (C=N–C) groups is 1. The van der Waals surface area contributed by atoms with Gasteiger partial charge >= 0.3 is 6.18 Å². The Bertz CT molecular complexity index is 1360. The van der Waals surface area contributed by atoms with Crippen molar-refractivity contribution in [3.63, 3.8) is 0 Å². The van der Waals surface area contributed by atoms with Crippen LogP contribution in [0.25, 0.3) is 5.57 Å². The first-order valence-corrected chi connectivity index (χ1v) is 11.9. The molecule has 1 aromatic carbocycles. The first-order valence-electron chi connectivity index (χ1n) is 11.9. The van der Waals surface area contributed by atoms with Crippen molar-refractivity contribution in [3.8, 4) is 0 Å². The molecular weight excluding hydrogens is 495 g/mol. The minimum atomic E-state index is -4.54. The zero-order valence-corrected chi connectivity index (χ0v) is 21.0. The lowest BCUT2D eigenvalue weighted by molar-refractivity contribution is -0.137. The zero-order valence-electron chi connectivity index (χ0n) is 21.0. The van der Waals surface area contributed by atoms with Crippen LogP contribution in [0.1, 0.15) is 27.0 Å². The molecule has 0 radical (unpaired) electrons. The molecule has 11 heteroatoms. The summed E-state index contributed by atoms with van der Waals surface area (Å²) in [7, 11) is 2.10. The number of aryl methyl sites for hydroxylation is 1. The largest absolute Gasteiger partial charge is 0.416 e. The van der Waals surface area contributed by atoms with Gasteiger partial charge in [0.15, 0.2) is 0 Å². The van der Waals surface area contributed by atoms with Gasteiger partial charge in [-0.2, -0.15) is 13.2 Å². The Balaban J connectivity index is 1.51. The maximum atomic E-state index is 13.0. The van der Waals surface area contributed by atoms with E-state index in [9.17, 15) is 18.0 Å². The molecule has 38 heavy (non-hydrogen) atoms. The van der Waals surface area contributed by atoms with E-state index in [-0.39, 0.29) is 11.4 Å². The average molecular weight is 524 g/mol. The van der Waals surface area contributed by atoms with Gasteiger partial charge in [0.05, 0.1) is 23.1 Å². The molecule has 0 saturated carbocycles. The number of hydrogen-bond donors (Lipinski definition) is 2. The number of allylic oxidation sites excluding steroid dienone is 1. The Kier molecular flexibility index (Phi) is 8.06. The summed E-state index contributed by atoms with van der Waals surface area (Å²) in [6, 6.07) is 8.48. The van der Waals surface area contributed by atoms with Crippen LogP contribution in [0.2, 0.25) is 0 Å². The highest BCUT2D eigenvalue weighted by atomic mass is 19.4. The van der Waals surface area contributed by atoms with Crippen molar-refractivity contribution in [2.45, 2.75) is 13.1 Å². The number of halogens is 3. The van der Waals surface area contributed by atoms with Crippen LogP contribution >= 0.6 is 0 Å². The molecule has 2 aromatic heterocycles. The Hall–Kier alpha value is -4.25. The molecule has 8 nitrogen and oxygen atoms in total. The van der Waals surface area contributed by atoms with E-state index in [1.165, 1.54) is 6.20 Å². The van der Waals surface area contributed by atoms with Gasteiger partial charge in [-0.1, -0.05) is 6.07 Å². The van der Waals surface area contributed by atoms with E-state index >= 15 is 0 Å². The Morgan fingerprint density at radius 3 is 2.55 bits per heavy atom. The Labute approximate surface area is 218 Å². The van der Waals surface area contributed by atoms with Crippen molar-refractivity contribution in [2.75, 3.05) is 43.4 Å². The smallest absolute Gasteiger partial charge is 0.404 e. The highest BCUT2D eigenvalue weighted by Crippen LogP contribution is 2.30. The van der Waals surface area contributed by atoms with Crippen molar-refractivity contribution in [2.24, 2.45) is 10.7 Å². The van der Waals surface area contributed by atoms with Gasteiger partial charge in [0.25, 0.3) is 5.91 Å². The van der Waals surface area contributed by atoms with Crippen LogP contribution < -0.4 is 16.0 Å². The van der Waals surface area contributed by atoms with Crippen LogP contribution in [0.15, 0.2) is 66.2 Å². The molecule has 0 aliphatic carbocycles. The third-order valence-corrected chi connectivity index (χ3v) is 6.25. The number of nitrogens with one attached hydrogen (secondary N) is 1. The summed E-state index contributed by atoms with van der Waals surface area (Å²) in [4.78, 5) is 30.0. The number of likely N-dealkylation sites (N-methyl/N-ethyl adjacent to an activating group) is 1. The molecule has 0 spiro atoms. The summed E-state index contributed by atoms with van der Waals surface area (Å²) in [6.07, 6.45) is 3.04. The lowest BCUT2D eigenvalue weighted by Crippen LogP contribution is -2.44. The minimum Gasteiger partial charge on any atom is -0.404 e. The quantitative estimate of drug-likeness (QED) is 0.462. The third-order valence-electron chi connectivity index (χ3n) is 6.25. The number of benzene rings is 1. The summed E-state index contributed by atoms with van der Waals surface area (Å²) in [5.41, 5.74) is 8.99. The molecule has 1 fully saturated rings. The molecule has 3 N–H and O–H groups in total. The maximum Gasteiger partial charge on any atom is 0.416 e. The molecule has 1 amide bonds. The molecule has 0 bridgehead atoms. The predicted molar refractivity (Wildman–Crippen MR) is 143 cm³/mol. The number of pyridine rings is 2. The second kappa shape index (κ2) is 11.4. The minimum absolute atomic E-state index is 0.198. The molecule has 3 aromatic rings. The van der Waals surface area contributed by atoms with E-state index in [0.717, 1.165) is 61.3 Å². The second-order valence-electron chi connectivity index (χ2n) is 8.99. The first kappa shape index (κ1) is 26.8. The third kappa shape index (κ3) is 6.54. The number of rotatable bonds is 6. The van der Waals surface area contributed by atoms with Crippen LogP contribution in [0, 0.1) is 6.92 Å². The number of piperazine rings is 1. The van der Waals surface area contributed by atoms with Crippen LogP contribution in [-0.2, 0) is 6.18 Å². The van der Waals surface area contributed by atoms with Crippen LogP contribution in [0.4, 0.5) is 30.4 Å². The van der Waals surface area contributed by atoms with Gasteiger partial charge in [0, 0.05) is 67.7 Å². The fraction of sp³-hybridized carbons (Fsp3) is 0.259. The van der Waals surface area contributed by atoms with Crippen molar-refractivity contribution in [1.82, 2.24) is 14.9 Å². The van der Waals surface area contributed by atoms with Gasteiger partial charge in [0.1, 0.15) is 5.82 Å². The lowest BCUT2D eigenvalue weighted by Gasteiger charge is -2.34. The van der Waals surface area contributed by atoms with Crippen LogP contribution in [-0.4, -0.2) is 60.2 Å². The number of alkyl halides is 3.